The third-order valence-corrected chi connectivity index (χ3v) is 4.14. The lowest BCUT2D eigenvalue weighted by molar-refractivity contribution is -0.802. The lowest BCUT2D eigenvalue weighted by Gasteiger charge is -2.22. The molecule has 0 aromatic carbocycles. The van der Waals surface area contributed by atoms with Crippen LogP contribution in [0.1, 0.15) is 12.8 Å². The lowest BCUT2D eigenvalue weighted by atomic mass is 9.97. The van der Waals surface area contributed by atoms with E-state index in [2.05, 4.69) is 0 Å². The van der Waals surface area contributed by atoms with Gasteiger partial charge in [0.1, 0.15) is 19.9 Å². The van der Waals surface area contributed by atoms with Crippen LogP contribution >= 0.6 is 0 Å². The third kappa shape index (κ3) is 1.52. The van der Waals surface area contributed by atoms with Gasteiger partial charge in [0.25, 0.3) is 0 Å². The number of methoxy groups -OCH3 is 1. The normalized spacial score (nSPS) is 30.2. The number of nitrogens with zero attached hydrogens (tertiary/aromatic N) is 1. The molecule has 2 saturated heterocycles. The van der Waals surface area contributed by atoms with Gasteiger partial charge in [-0.05, 0) is 6.42 Å². The number of quaternary nitrogens is 1. The Hall–Kier alpha value is -0.420. The molecular formula is C12H20NO3+. The summed E-state index contributed by atoms with van der Waals surface area (Å²) in [7, 11) is 1.66. The van der Waals surface area contributed by atoms with E-state index in [1.807, 2.05) is 0 Å². The predicted molar refractivity (Wildman–Crippen MR) is 58.7 cm³/mol. The quantitative estimate of drug-likeness (QED) is 0.301. The number of morpholine rings is 1. The second kappa shape index (κ2) is 4.11. The first-order valence-corrected chi connectivity index (χ1v) is 6.12. The molecule has 90 valence electrons. The molecule has 3 rings (SSSR count). The monoisotopic (exact) mass is 226 g/mol. The van der Waals surface area contributed by atoms with E-state index in [9.17, 15) is 0 Å². The maximum absolute atomic E-state index is 5.44. The Balaban J connectivity index is 1.51. The molecule has 0 radical (unpaired) electrons. The van der Waals surface area contributed by atoms with Crippen molar-refractivity contribution in [2.45, 2.75) is 18.9 Å². The Morgan fingerprint density at radius 2 is 2.19 bits per heavy atom. The van der Waals surface area contributed by atoms with Crippen LogP contribution in [0.4, 0.5) is 0 Å². The summed E-state index contributed by atoms with van der Waals surface area (Å²) < 4.78 is 16.9. The fourth-order valence-corrected chi connectivity index (χ4v) is 3.25. The SMILES string of the molecule is COCOCCC1=C2C(C1)[N+]21CCOCC1. The largest absolute Gasteiger partial charge is 0.370 e. The van der Waals surface area contributed by atoms with Crippen molar-refractivity contribution in [3.05, 3.63) is 11.3 Å². The fraction of sp³-hybridized carbons (Fsp3) is 0.833. The van der Waals surface area contributed by atoms with Crippen LogP contribution < -0.4 is 0 Å². The Bertz CT molecular complexity index is 307. The number of fused-ring (bicyclic) bond motifs is 3. The second-order valence-corrected chi connectivity index (χ2v) is 4.87. The Morgan fingerprint density at radius 1 is 1.38 bits per heavy atom. The van der Waals surface area contributed by atoms with Gasteiger partial charge in [-0.15, -0.1) is 0 Å². The summed E-state index contributed by atoms with van der Waals surface area (Å²) in [5, 5.41) is 0. The van der Waals surface area contributed by atoms with Crippen molar-refractivity contribution in [1.82, 2.24) is 0 Å². The Kier molecular flexibility index (Phi) is 2.75. The van der Waals surface area contributed by atoms with Crippen LogP contribution in [0, 0.1) is 0 Å². The molecular weight excluding hydrogens is 206 g/mol. The Labute approximate surface area is 96.4 Å². The van der Waals surface area contributed by atoms with Crippen molar-refractivity contribution in [1.29, 1.82) is 0 Å². The summed E-state index contributed by atoms with van der Waals surface area (Å²) in [5.41, 5.74) is 3.35. The van der Waals surface area contributed by atoms with Crippen molar-refractivity contribution in [3.63, 3.8) is 0 Å². The van der Waals surface area contributed by atoms with Gasteiger partial charge in [0, 0.05) is 19.1 Å². The molecule has 2 fully saturated rings. The molecule has 0 aromatic heterocycles. The second-order valence-electron chi connectivity index (χ2n) is 4.87. The first-order chi connectivity index (χ1) is 7.88. The van der Waals surface area contributed by atoms with Gasteiger partial charge in [0.05, 0.1) is 19.8 Å². The van der Waals surface area contributed by atoms with E-state index in [0.29, 0.717) is 6.79 Å². The van der Waals surface area contributed by atoms with Gasteiger partial charge < -0.3 is 14.2 Å². The van der Waals surface area contributed by atoms with Gasteiger partial charge in [0.15, 0.2) is 11.7 Å². The van der Waals surface area contributed by atoms with Crippen molar-refractivity contribution in [3.8, 4) is 0 Å². The molecule has 0 bridgehead atoms. The summed E-state index contributed by atoms with van der Waals surface area (Å²) in [6.45, 7) is 5.49. The standard InChI is InChI=1S/C12H20NO3/c1-14-9-16-5-2-10-8-11-12(10)13(11)3-6-15-7-4-13/h11H,2-9H2,1H3/q+1. The third-order valence-electron chi connectivity index (χ3n) is 4.14. The van der Waals surface area contributed by atoms with Crippen LogP contribution in [0.3, 0.4) is 0 Å². The lowest BCUT2D eigenvalue weighted by Crippen LogP contribution is -2.39. The fourth-order valence-electron chi connectivity index (χ4n) is 3.25. The molecule has 2 aliphatic heterocycles. The topological polar surface area (TPSA) is 27.7 Å². The minimum Gasteiger partial charge on any atom is -0.370 e. The van der Waals surface area contributed by atoms with Crippen molar-refractivity contribution >= 4 is 0 Å². The van der Waals surface area contributed by atoms with Crippen molar-refractivity contribution in [2.24, 2.45) is 0 Å². The van der Waals surface area contributed by atoms with Gasteiger partial charge in [-0.1, -0.05) is 0 Å². The molecule has 1 spiro atoms. The average molecular weight is 226 g/mol. The number of hydrogen-bond donors (Lipinski definition) is 0. The number of rotatable bonds is 5. The maximum Gasteiger partial charge on any atom is 0.172 e. The van der Waals surface area contributed by atoms with E-state index in [0.717, 1.165) is 32.3 Å². The summed E-state index contributed by atoms with van der Waals surface area (Å²) in [6.07, 6.45) is 2.39. The summed E-state index contributed by atoms with van der Waals surface area (Å²) in [4.78, 5) is 0. The molecule has 4 nitrogen and oxygen atoms in total. The summed E-state index contributed by atoms with van der Waals surface area (Å²) in [5.74, 6) is 0. The number of hydrogen-bond acceptors (Lipinski definition) is 3. The van der Waals surface area contributed by atoms with Crippen LogP contribution in [-0.4, -0.2) is 57.3 Å². The minimum absolute atomic E-state index is 0.417. The van der Waals surface area contributed by atoms with Crippen LogP contribution in [0.2, 0.25) is 0 Å². The predicted octanol–water partition coefficient (Wildman–Crippen LogP) is 0.884. The average Bonchev–Trinajstić information content (AvgIpc) is 2.76. The van der Waals surface area contributed by atoms with Crippen LogP contribution in [0.25, 0.3) is 0 Å². The van der Waals surface area contributed by atoms with E-state index in [-0.39, 0.29) is 0 Å². The molecule has 2 heterocycles. The van der Waals surface area contributed by atoms with Crippen molar-refractivity contribution < 1.29 is 18.7 Å². The first-order valence-electron chi connectivity index (χ1n) is 6.12. The van der Waals surface area contributed by atoms with Crippen LogP contribution in [0.5, 0.6) is 0 Å². The molecule has 1 unspecified atom stereocenters. The van der Waals surface area contributed by atoms with Gasteiger partial charge in [-0.2, -0.15) is 0 Å². The highest BCUT2D eigenvalue weighted by molar-refractivity contribution is 5.36. The zero-order chi connectivity index (χ0) is 11.0. The highest BCUT2D eigenvalue weighted by Gasteiger charge is 2.69. The van der Waals surface area contributed by atoms with E-state index >= 15 is 0 Å². The van der Waals surface area contributed by atoms with E-state index in [4.69, 9.17) is 14.2 Å². The Morgan fingerprint density at radius 3 is 2.94 bits per heavy atom. The smallest absolute Gasteiger partial charge is 0.172 e. The molecule has 0 N–H and O–H groups in total. The molecule has 0 saturated carbocycles. The maximum atomic E-state index is 5.44. The highest BCUT2D eigenvalue weighted by atomic mass is 16.7. The summed E-state index contributed by atoms with van der Waals surface area (Å²) >= 11 is 0. The van der Waals surface area contributed by atoms with Gasteiger partial charge in [0.2, 0.25) is 0 Å². The van der Waals surface area contributed by atoms with Crippen LogP contribution in [0.15, 0.2) is 11.3 Å². The first kappa shape index (κ1) is 10.7. The van der Waals surface area contributed by atoms with Gasteiger partial charge >= 0.3 is 0 Å². The van der Waals surface area contributed by atoms with E-state index in [1.54, 1.807) is 18.4 Å². The zero-order valence-corrected chi connectivity index (χ0v) is 9.91. The summed E-state index contributed by atoms with van der Waals surface area (Å²) in [6, 6.07) is 0.862. The van der Waals surface area contributed by atoms with E-state index < -0.39 is 0 Å². The zero-order valence-electron chi connectivity index (χ0n) is 9.91. The minimum atomic E-state index is 0.417. The molecule has 0 amide bonds. The molecule has 1 atom stereocenters. The van der Waals surface area contributed by atoms with E-state index in [1.165, 1.54) is 24.0 Å². The van der Waals surface area contributed by atoms with Crippen LogP contribution in [-0.2, 0) is 14.2 Å². The molecule has 16 heavy (non-hydrogen) atoms. The molecule has 4 heteroatoms. The number of ether oxygens (including phenoxy) is 3. The van der Waals surface area contributed by atoms with Gasteiger partial charge in [-0.3, -0.25) is 4.48 Å². The highest BCUT2D eigenvalue weighted by Crippen LogP contribution is 2.58. The molecule has 1 aliphatic carbocycles. The molecule has 0 aromatic rings. The van der Waals surface area contributed by atoms with Gasteiger partial charge in [-0.25, -0.2) is 0 Å². The van der Waals surface area contributed by atoms with Crippen molar-refractivity contribution in [2.75, 3.05) is 46.8 Å². The molecule has 3 aliphatic rings.